The maximum absolute atomic E-state index is 13.9. The molecule has 2 heterocycles. The van der Waals surface area contributed by atoms with Gasteiger partial charge in [0.05, 0.1) is 13.2 Å². The molecule has 34 heavy (non-hydrogen) atoms. The number of carbonyl (C=O) groups is 4. The predicted molar refractivity (Wildman–Crippen MR) is 125 cm³/mol. The van der Waals surface area contributed by atoms with E-state index in [-0.39, 0.29) is 11.9 Å². The molecule has 2 fully saturated rings. The minimum atomic E-state index is -1.20. The van der Waals surface area contributed by atoms with Crippen LogP contribution in [0.15, 0.2) is 24.3 Å². The van der Waals surface area contributed by atoms with Crippen LogP contribution in [0.1, 0.15) is 50.7 Å². The third-order valence-electron chi connectivity index (χ3n) is 6.68. The summed E-state index contributed by atoms with van der Waals surface area (Å²) in [6.07, 6.45) is 2.14. The summed E-state index contributed by atoms with van der Waals surface area (Å²) < 4.78 is 10.0. The van der Waals surface area contributed by atoms with Crippen molar-refractivity contribution in [3.63, 3.8) is 0 Å². The Morgan fingerprint density at radius 1 is 1.26 bits per heavy atom. The number of hydrogen-bond acceptors (Lipinski definition) is 7. The van der Waals surface area contributed by atoms with Gasteiger partial charge in [-0.05, 0) is 51.6 Å². The third-order valence-corrected chi connectivity index (χ3v) is 6.68. The number of ether oxygens (including phenoxy) is 2. The standard InChI is InChI=1S/C25H35N3O6/c1-16-8-5-9-19(14-16)15-25(11-7-13-28(25)22(30)20-10-6-12-26-20)24(32)27-21(23(31)33-4)17(2)34-18(3)29/h5,8-9,14,17,20-21,26H,6-7,10-13,15H2,1-4H3,(H,27,32)/t17-,20?,21+,25?/m1/s1. The number of nitrogens with one attached hydrogen (secondary N) is 2. The highest BCUT2D eigenvalue weighted by Gasteiger charge is 2.52. The van der Waals surface area contributed by atoms with Crippen LogP contribution in [-0.2, 0) is 35.1 Å². The highest BCUT2D eigenvalue weighted by molar-refractivity contribution is 5.96. The van der Waals surface area contributed by atoms with E-state index in [4.69, 9.17) is 9.47 Å². The zero-order valence-electron chi connectivity index (χ0n) is 20.4. The lowest BCUT2D eigenvalue weighted by Crippen LogP contribution is -2.64. The summed E-state index contributed by atoms with van der Waals surface area (Å²) in [6, 6.07) is 6.33. The van der Waals surface area contributed by atoms with Crippen LogP contribution in [0.4, 0.5) is 0 Å². The molecular formula is C25H35N3O6. The van der Waals surface area contributed by atoms with Gasteiger partial charge in [0, 0.05) is 19.9 Å². The number of likely N-dealkylation sites (tertiary alicyclic amines) is 1. The lowest BCUT2D eigenvalue weighted by Gasteiger charge is -2.40. The molecule has 0 aromatic heterocycles. The summed E-state index contributed by atoms with van der Waals surface area (Å²) in [5.41, 5.74) is 0.811. The Labute approximate surface area is 200 Å². The molecule has 0 radical (unpaired) electrons. The first-order valence-corrected chi connectivity index (χ1v) is 11.8. The van der Waals surface area contributed by atoms with E-state index in [1.54, 1.807) is 4.90 Å². The summed E-state index contributed by atoms with van der Waals surface area (Å²) in [7, 11) is 1.21. The monoisotopic (exact) mass is 473 g/mol. The Morgan fingerprint density at radius 2 is 2.03 bits per heavy atom. The molecule has 2 N–H and O–H groups in total. The van der Waals surface area contributed by atoms with Crippen LogP contribution in [0.2, 0.25) is 0 Å². The average Bonchev–Trinajstić information content (AvgIpc) is 3.47. The van der Waals surface area contributed by atoms with Crippen LogP contribution < -0.4 is 10.6 Å². The fraction of sp³-hybridized carbons (Fsp3) is 0.600. The number of hydrogen-bond donors (Lipinski definition) is 2. The fourth-order valence-electron chi connectivity index (χ4n) is 5.04. The molecule has 0 bridgehead atoms. The van der Waals surface area contributed by atoms with Gasteiger partial charge in [-0.25, -0.2) is 4.79 Å². The average molecular weight is 474 g/mol. The smallest absolute Gasteiger partial charge is 0.332 e. The molecule has 0 spiro atoms. The van der Waals surface area contributed by atoms with Crippen molar-refractivity contribution in [2.24, 2.45) is 0 Å². The lowest BCUT2D eigenvalue weighted by atomic mass is 9.85. The van der Waals surface area contributed by atoms with Gasteiger partial charge in [0.2, 0.25) is 11.8 Å². The van der Waals surface area contributed by atoms with E-state index in [9.17, 15) is 19.2 Å². The van der Waals surface area contributed by atoms with Gasteiger partial charge in [0.15, 0.2) is 6.04 Å². The Kier molecular flexibility index (Phi) is 8.30. The van der Waals surface area contributed by atoms with Gasteiger partial charge in [0.25, 0.3) is 0 Å². The predicted octanol–water partition coefficient (Wildman–Crippen LogP) is 1.26. The molecule has 9 nitrogen and oxygen atoms in total. The molecule has 9 heteroatoms. The van der Waals surface area contributed by atoms with Crippen molar-refractivity contribution < 1.29 is 28.7 Å². The van der Waals surface area contributed by atoms with Gasteiger partial charge >= 0.3 is 11.9 Å². The number of nitrogens with zero attached hydrogens (tertiary/aromatic N) is 1. The van der Waals surface area contributed by atoms with Crippen molar-refractivity contribution in [3.05, 3.63) is 35.4 Å². The SMILES string of the molecule is COC(=O)[C@@H](NC(=O)C1(Cc2cccc(C)c2)CCCN1C(=O)C1CCCN1)[C@@H](C)OC(C)=O. The second-order valence-electron chi connectivity index (χ2n) is 9.23. The number of benzene rings is 1. The number of rotatable bonds is 8. The fourth-order valence-corrected chi connectivity index (χ4v) is 5.04. The maximum Gasteiger partial charge on any atom is 0.332 e. The number of esters is 2. The molecule has 0 aliphatic carbocycles. The Bertz CT molecular complexity index is 929. The molecule has 186 valence electrons. The van der Waals surface area contributed by atoms with E-state index in [0.29, 0.717) is 25.8 Å². The third kappa shape index (κ3) is 5.58. The molecule has 1 aromatic rings. The number of amides is 2. The molecule has 1 aromatic carbocycles. The minimum Gasteiger partial charge on any atom is -0.467 e. The summed E-state index contributed by atoms with van der Waals surface area (Å²) in [4.78, 5) is 53.1. The van der Waals surface area contributed by atoms with Gasteiger partial charge in [-0.1, -0.05) is 29.8 Å². The van der Waals surface area contributed by atoms with E-state index in [1.165, 1.54) is 21.0 Å². The van der Waals surface area contributed by atoms with E-state index < -0.39 is 35.5 Å². The molecule has 2 aliphatic heterocycles. The Balaban J connectivity index is 1.96. The van der Waals surface area contributed by atoms with Crippen LogP contribution >= 0.6 is 0 Å². The topological polar surface area (TPSA) is 114 Å². The molecule has 2 aliphatic rings. The summed E-state index contributed by atoms with van der Waals surface area (Å²) >= 11 is 0. The van der Waals surface area contributed by atoms with E-state index in [2.05, 4.69) is 10.6 Å². The lowest BCUT2D eigenvalue weighted by molar-refractivity contribution is -0.158. The zero-order chi connectivity index (χ0) is 24.9. The Hall–Kier alpha value is -2.94. The first kappa shape index (κ1) is 25.7. The largest absolute Gasteiger partial charge is 0.467 e. The van der Waals surface area contributed by atoms with Crippen molar-refractivity contribution in [1.29, 1.82) is 0 Å². The summed E-state index contributed by atoms with van der Waals surface area (Å²) in [5.74, 6) is -1.84. The molecule has 2 unspecified atom stereocenters. The first-order valence-electron chi connectivity index (χ1n) is 11.8. The summed E-state index contributed by atoms with van der Waals surface area (Å²) in [6.45, 7) is 5.96. The molecule has 0 saturated carbocycles. The molecule has 2 amide bonds. The highest BCUT2D eigenvalue weighted by Crippen LogP contribution is 2.35. The second kappa shape index (κ2) is 11.0. The second-order valence-corrected chi connectivity index (χ2v) is 9.23. The van der Waals surface area contributed by atoms with E-state index in [0.717, 1.165) is 30.5 Å². The van der Waals surface area contributed by atoms with E-state index in [1.807, 2.05) is 31.2 Å². The van der Waals surface area contributed by atoms with Gasteiger partial charge in [-0.2, -0.15) is 0 Å². The first-order chi connectivity index (χ1) is 16.2. The van der Waals surface area contributed by atoms with Crippen LogP contribution in [-0.4, -0.2) is 72.6 Å². The molecule has 3 rings (SSSR count). The van der Waals surface area contributed by atoms with Crippen molar-refractivity contribution >= 4 is 23.8 Å². The van der Waals surface area contributed by atoms with Gasteiger partial charge < -0.3 is 25.0 Å². The molecule has 4 atom stereocenters. The minimum absolute atomic E-state index is 0.0968. The quantitative estimate of drug-likeness (QED) is 0.547. The summed E-state index contributed by atoms with van der Waals surface area (Å²) in [5, 5.41) is 6.00. The number of methoxy groups -OCH3 is 1. The zero-order valence-corrected chi connectivity index (χ0v) is 20.4. The number of carbonyl (C=O) groups excluding carboxylic acids is 4. The van der Waals surface area contributed by atoms with Gasteiger partial charge in [0.1, 0.15) is 11.6 Å². The normalized spacial score (nSPS) is 23.8. The van der Waals surface area contributed by atoms with Crippen LogP contribution in [0, 0.1) is 6.92 Å². The molecule has 2 saturated heterocycles. The van der Waals surface area contributed by atoms with Crippen LogP contribution in [0.5, 0.6) is 0 Å². The Morgan fingerprint density at radius 3 is 2.65 bits per heavy atom. The van der Waals surface area contributed by atoms with Gasteiger partial charge in [-0.15, -0.1) is 0 Å². The van der Waals surface area contributed by atoms with Crippen molar-refractivity contribution in [2.45, 2.75) is 76.6 Å². The van der Waals surface area contributed by atoms with E-state index >= 15 is 0 Å². The van der Waals surface area contributed by atoms with Crippen molar-refractivity contribution in [3.8, 4) is 0 Å². The van der Waals surface area contributed by atoms with Crippen molar-refractivity contribution in [1.82, 2.24) is 15.5 Å². The van der Waals surface area contributed by atoms with Crippen molar-refractivity contribution in [2.75, 3.05) is 20.2 Å². The van der Waals surface area contributed by atoms with Crippen LogP contribution in [0.25, 0.3) is 0 Å². The van der Waals surface area contributed by atoms with Crippen LogP contribution in [0.3, 0.4) is 0 Å². The highest BCUT2D eigenvalue weighted by atomic mass is 16.6. The number of aryl methyl sites for hydroxylation is 1. The van der Waals surface area contributed by atoms with Gasteiger partial charge in [-0.3, -0.25) is 14.4 Å². The molecular weight excluding hydrogens is 438 g/mol. The maximum atomic E-state index is 13.9.